The van der Waals surface area contributed by atoms with E-state index in [1.807, 2.05) is 19.1 Å². The highest BCUT2D eigenvalue weighted by atomic mass is 16.4. The minimum Gasteiger partial charge on any atom is -0.475 e. The maximum absolute atomic E-state index is 10.9. The molecule has 0 saturated heterocycles. The molecule has 5 heteroatoms. The van der Waals surface area contributed by atoms with Crippen LogP contribution in [-0.2, 0) is 6.54 Å². The van der Waals surface area contributed by atoms with Crippen LogP contribution in [0.3, 0.4) is 0 Å². The Morgan fingerprint density at radius 1 is 1.56 bits per heavy atom. The highest BCUT2D eigenvalue weighted by Gasteiger charge is 2.14. The topological polar surface area (TPSA) is 75.4 Å². The van der Waals surface area contributed by atoms with Crippen LogP contribution in [0.25, 0.3) is 0 Å². The predicted octanol–water partition coefficient (Wildman–Crippen LogP) is 2.22. The van der Waals surface area contributed by atoms with Crippen LogP contribution in [0.2, 0.25) is 0 Å². The van der Waals surface area contributed by atoms with Crippen molar-refractivity contribution < 1.29 is 14.3 Å². The van der Waals surface area contributed by atoms with Crippen molar-refractivity contribution in [2.45, 2.75) is 19.5 Å². The number of carboxylic acids is 1. The van der Waals surface area contributed by atoms with Crippen LogP contribution in [0.15, 0.2) is 41.3 Å². The van der Waals surface area contributed by atoms with Crippen molar-refractivity contribution in [2.24, 2.45) is 0 Å². The third-order valence-corrected chi connectivity index (χ3v) is 2.72. The monoisotopic (exact) mass is 246 g/mol. The number of carboxylic acid groups (broad SMARTS) is 1. The van der Waals surface area contributed by atoms with E-state index in [9.17, 15) is 4.79 Å². The zero-order valence-electron chi connectivity index (χ0n) is 9.96. The largest absolute Gasteiger partial charge is 0.475 e. The fourth-order valence-electron chi connectivity index (χ4n) is 1.68. The number of hydrogen-bond donors (Lipinski definition) is 2. The highest BCUT2D eigenvalue weighted by molar-refractivity contribution is 5.86. The molecule has 5 nitrogen and oxygen atoms in total. The van der Waals surface area contributed by atoms with E-state index in [4.69, 9.17) is 9.52 Å². The van der Waals surface area contributed by atoms with Gasteiger partial charge in [-0.05, 0) is 24.6 Å². The molecule has 0 aliphatic heterocycles. The number of aromatic carboxylic acids is 1. The first kappa shape index (κ1) is 12.3. The average molecular weight is 246 g/mol. The van der Waals surface area contributed by atoms with Gasteiger partial charge in [-0.25, -0.2) is 4.79 Å². The Morgan fingerprint density at radius 2 is 2.39 bits per heavy atom. The van der Waals surface area contributed by atoms with Crippen LogP contribution in [-0.4, -0.2) is 16.1 Å². The van der Waals surface area contributed by atoms with Crippen molar-refractivity contribution in [3.8, 4) is 0 Å². The van der Waals surface area contributed by atoms with Gasteiger partial charge in [0.1, 0.15) is 0 Å². The first-order valence-corrected chi connectivity index (χ1v) is 5.61. The van der Waals surface area contributed by atoms with Crippen molar-refractivity contribution in [2.75, 3.05) is 0 Å². The summed E-state index contributed by atoms with van der Waals surface area (Å²) in [4.78, 5) is 14.9. The van der Waals surface area contributed by atoms with Crippen LogP contribution in [0, 0.1) is 0 Å². The van der Waals surface area contributed by atoms with E-state index < -0.39 is 5.97 Å². The molecule has 0 amide bonds. The smallest absolute Gasteiger partial charge is 0.372 e. The van der Waals surface area contributed by atoms with E-state index in [0.717, 1.165) is 5.56 Å². The number of rotatable bonds is 5. The summed E-state index contributed by atoms with van der Waals surface area (Å²) >= 11 is 0. The lowest BCUT2D eigenvalue weighted by atomic mass is 10.1. The van der Waals surface area contributed by atoms with Gasteiger partial charge in [0.05, 0.1) is 6.26 Å². The second kappa shape index (κ2) is 5.46. The molecule has 2 rings (SSSR count). The molecule has 0 spiro atoms. The summed E-state index contributed by atoms with van der Waals surface area (Å²) in [6, 6.07) is 5.59. The van der Waals surface area contributed by atoms with Gasteiger partial charge in [0.25, 0.3) is 0 Å². The average Bonchev–Trinajstić information content (AvgIpc) is 2.85. The molecule has 0 bridgehead atoms. The molecule has 94 valence electrons. The SMILES string of the molecule is C[C@H](NCc1ccoc1C(=O)O)c1cccnc1. The van der Waals surface area contributed by atoms with Crippen LogP contribution in [0.1, 0.15) is 34.6 Å². The molecule has 2 N–H and O–H groups in total. The van der Waals surface area contributed by atoms with Crippen molar-refractivity contribution in [3.05, 3.63) is 53.7 Å². The maximum Gasteiger partial charge on any atom is 0.372 e. The normalized spacial score (nSPS) is 12.3. The van der Waals surface area contributed by atoms with Crippen molar-refractivity contribution in [1.82, 2.24) is 10.3 Å². The Bertz CT molecular complexity index is 522. The van der Waals surface area contributed by atoms with E-state index in [1.165, 1.54) is 6.26 Å². The number of aromatic nitrogens is 1. The summed E-state index contributed by atoms with van der Waals surface area (Å²) in [6.07, 6.45) is 4.88. The third kappa shape index (κ3) is 2.75. The van der Waals surface area contributed by atoms with Gasteiger partial charge in [-0.1, -0.05) is 6.07 Å². The fraction of sp³-hybridized carbons (Fsp3) is 0.231. The fourth-order valence-corrected chi connectivity index (χ4v) is 1.68. The number of carbonyl (C=O) groups is 1. The van der Waals surface area contributed by atoms with Crippen molar-refractivity contribution in [1.29, 1.82) is 0 Å². The summed E-state index contributed by atoms with van der Waals surface area (Å²) in [5.74, 6) is -1.06. The van der Waals surface area contributed by atoms with Gasteiger partial charge in [0.2, 0.25) is 5.76 Å². The molecule has 18 heavy (non-hydrogen) atoms. The van der Waals surface area contributed by atoms with Gasteiger partial charge in [0.15, 0.2) is 0 Å². The van der Waals surface area contributed by atoms with Gasteiger partial charge < -0.3 is 14.8 Å². The van der Waals surface area contributed by atoms with E-state index >= 15 is 0 Å². The molecule has 2 heterocycles. The number of furan rings is 1. The Balaban J connectivity index is 1.99. The van der Waals surface area contributed by atoms with Gasteiger partial charge in [-0.2, -0.15) is 0 Å². The van der Waals surface area contributed by atoms with Crippen LogP contribution < -0.4 is 5.32 Å². The lowest BCUT2D eigenvalue weighted by Gasteiger charge is -2.13. The van der Waals surface area contributed by atoms with Crippen LogP contribution in [0.5, 0.6) is 0 Å². The quantitative estimate of drug-likeness (QED) is 0.846. The molecule has 0 radical (unpaired) electrons. The van der Waals surface area contributed by atoms with Gasteiger partial charge in [-0.3, -0.25) is 4.98 Å². The lowest BCUT2D eigenvalue weighted by molar-refractivity contribution is 0.0660. The van der Waals surface area contributed by atoms with Crippen molar-refractivity contribution in [3.63, 3.8) is 0 Å². The summed E-state index contributed by atoms with van der Waals surface area (Å²) in [5.41, 5.74) is 1.69. The molecule has 0 unspecified atom stereocenters. The Hall–Kier alpha value is -2.14. The Kier molecular flexibility index (Phi) is 3.74. The summed E-state index contributed by atoms with van der Waals surface area (Å²) < 4.78 is 4.91. The minimum absolute atomic E-state index is 0.0131. The zero-order valence-corrected chi connectivity index (χ0v) is 9.96. The van der Waals surface area contributed by atoms with Crippen LogP contribution >= 0.6 is 0 Å². The zero-order chi connectivity index (χ0) is 13.0. The first-order chi connectivity index (χ1) is 8.68. The number of nitrogens with one attached hydrogen (secondary N) is 1. The minimum atomic E-state index is -1.05. The number of hydrogen-bond acceptors (Lipinski definition) is 4. The Morgan fingerprint density at radius 3 is 3.06 bits per heavy atom. The Labute approximate surface area is 104 Å². The van der Waals surface area contributed by atoms with E-state index in [2.05, 4.69) is 10.3 Å². The molecular weight excluding hydrogens is 232 g/mol. The lowest BCUT2D eigenvalue weighted by Crippen LogP contribution is -2.19. The van der Waals surface area contributed by atoms with Gasteiger partial charge in [0, 0.05) is 30.5 Å². The van der Waals surface area contributed by atoms with Gasteiger partial charge >= 0.3 is 5.97 Å². The molecule has 0 fully saturated rings. The number of nitrogens with zero attached hydrogens (tertiary/aromatic N) is 1. The molecule has 2 aromatic rings. The van der Waals surface area contributed by atoms with E-state index in [1.54, 1.807) is 18.5 Å². The second-order valence-electron chi connectivity index (χ2n) is 3.97. The van der Waals surface area contributed by atoms with E-state index in [-0.39, 0.29) is 11.8 Å². The number of pyridine rings is 1. The molecule has 0 saturated carbocycles. The molecule has 2 aromatic heterocycles. The van der Waals surface area contributed by atoms with E-state index in [0.29, 0.717) is 12.1 Å². The maximum atomic E-state index is 10.9. The first-order valence-electron chi connectivity index (χ1n) is 5.61. The molecule has 0 aliphatic rings. The molecule has 0 aliphatic carbocycles. The standard InChI is InChI=1S/C13H14N2O3/c1-9(10-3-2-5-14-7-10)15-8-11-4-6-18-12(11)13(16)17/h2-7,9,15H,8H2,1H3,(H,16,17)/t9-/m0/s1. The third-order valence-electron chi connectivity index (χ3n) is 2.72. The summed E-state index contributed by atoms with van der Waals surface area (Å²) in [7, 11) is 0. The highest BCUT2D eigenvalue weighted by Crippen LogP contribution is 2.14. The predicted molar refractivity (Wildman–Crippen MR) is 65.2 cm³/mol. The summed E-state index contributed by atoms with van der Waals surface area (Å²) in [5, 5.41) is 12.1. The molecule has 0 aromatic carbocycles. The molecule has 1 atom stereocenters. The molecular formula is C13H14N2O3. The van der Waals surface area contributed by atoms with Crippen LogP contribution in [0.4, 0.5) is 0 Å². The van der Waals surface area contributed by atoms with Gasteiger partial charge in [-0.15, -0.1) is 0 Å². The summed E-state index contributed by atoms with van der Waals surface area (Å²) in [6.45, 7) is 2.44. The van der Waals surface area contributed by atoms with Crippen molar-refractivity contribution >= 4 is 5.97 Å². The second-order valence-corrected chi connectivity index (χ2v) is 3.97.